The Bertz CT molecular complexity index is 702. The van der Waals surface area contributed by atoms with E-state index in [1.165, 1.54) is 11.3 Å². The Kier molecular flexibility index (Phi) is 5.77. The number of oxazole rings is 1. The fourth-order valence-corrected chi connectivity index (χ4v) is 3.25. The fraction of sp³-hybridized carbons (Fsp3) is 0.471. The molecule has 0 saturated carbocycles. The molecule has 0 bridgehead atoms. The molecule has 0 spiro atoms. The largest absolute Gasteiger partial charge is 0.481 e. The van der Waals surface area contributed by atoms with Gasteiger partial charge < -0.3 is 14.8 Å². The summed E-state index contributed by atoms with van der Waals surface area (Å²) < 4.78 is 5.63. The van der Waals surface area contributed by atoms with Gasteiger partial charge in [-0.25, -0.2) is 4.98 Å². The van der Waals surface area contributed by atoms with Gasteiger partial charge in [-0.2, -0.15) is 0 Å². The van der Waals surface area contributed by atoms with Gasteiger partial charge in [0.15, 0.2) is 0 Å². The highest BCUT2D eigenvalue weighted by atomic mass is 32.1. The molecule has 24 heavy (non-hydrogen) atoms. The molecule has 2 aromatic heterocycles. The van der Waals surface area contributed by atoms with Crippen molar-refractivity contribution in [2.24, 2.45) is 0 Å². The lowest BCUT2D eigenvalue weighted by atomic mass is 9.88. The number of carbonyl (C=O) groups is 2. The van der Waals surface area contributed by atoms with E-state index in [1.54, 1.807) is 6.92 Å². The standard InChI is InChI=1S/C17H22N2O4S/c1-4-17(5-2,10-15(21)22)19-14(20)9-12-11(3)23-16(18-12)13-7-6-8-24-13/h6-8H,4-5,9-10H2,1-3H3,(H,19,20)(H,21,22). The van der Waals surface area contributed by atoms with Gasteiger partial charge in [0.1, 0.15) is 5.76 Å². The summed E-state index contributed by atoms with van der Waals surface area (Å²) in [6.45, 7) is 5.53. The lowest BCUT2D eigenvalue weighted by Crippen LogP contribution is -2.49. The molecule has 2 rings (SSSR count). The quantitative estimate of drug-likeness (QED) is 0.761. The molecule has 7 heteroatoms. The van der Waals surface area contributed by atoms with Gasteiger partial charge in [0.25, 0.3) is 0 Å². The van der Waals surface area contributed by atoms with Crippen LogP contribution in [0.4, 0.5) is 0 Å². The van der Waals surface area contributed by atoms with E-state index in [2.05, 4.69) is 10.3 Å². The number of hydrogen-bond donors (Lipinski definition) is 2. The third-order valence-electron chi connectivity index (χ3n) is 4.20. The zero-order valence-electron chi connectivity index (χ0n) is 14.1. The summed E-state index contributed by atoms with van der Waals surface area (Å²) in [6, 6.07) is 3.82. The topological polar surface area (TPSA) is 92.4 Å². The molecule has 0 saturated heterocycles. The molecule has 2 N–H and O–H groups in total. The van der Waals surface area contributed by atoms with Crippen LogP contribution < -0.4 is 5.32 Å². The Hall–Kier alpha value is -2.15. The predicted octanol–water partition coefficient (Wildman–Crippen LogP) is 3.40. The minimum Gasteiger partial charge on any atom is -0.481 e. The van der Waals surface area contributed by atoms with Gasteiger partial charge in [-0.15, -0.1) is 11.3 Å². The zero-order chi connectivity index (χ0) is 17.7. The number of nitrogens with one attached hydrogen (secondary N) is 1. The van der Waals surface area contributed by atoms with Gasteiger partial charge in [-0.1, -0.05) is 19.9 Å². The second-order valence-electron chi connectivity index (χ2n) is 5.78. The third-order valence-corrected chi connectivity index (χ3v) is 5.06. The Morgan fingerprint density at radius 2 is 2.08 bits per heavy atom. The van der Waals surface area contributed by atoms with E-state index in [0.717, 1.165) is 4.88 Å². The maximum Gasteiger partial charge on any atom is 0.305 e. The molecular formula is C17H22N2O4S. The summed E-state index contributed by atoms with van der Waals surface area (Å²) in [4.78, 5) is 28.8. The van der Waals surface area contributed by atoms with Crippen LogP contribution in [0, 0.1) is 6.92 Å². The fourth-order valence-electron chi connectivity index (χ4n) is 2.60. The first-order valence-electron chi connectivity index (χ1n) is 7.92. The van der Waals surface area contributed by atoms with E-state index >= 15 is 0 Å². The maximum atomic E-state index is 12.4. The first-order valence-corrected chi connectivity index (χ1v) is 8.80. The Balaban J connectivity index is 2.10. The van der Waals surface area contributed by atoms with Crippen LogP contribution in [0.5, 0.6) is 0 Å². The zero-order valence-corrected chi connectivity index (χ0v) is 14.9. The molecule has 0 aliphatic carbocycles. The van der Waals surface area contributed by atoms with Crippen LogP contribution in [0.2, 0.25) is 0 Å². The van der Waals surface area contributed by atoms with Crippen molar-refractivity contribution in [2.75, 3.05) is 0 Å². The molecule has 0 aliphatic rings. The number of thiophene rings is 1. The molecule has 0 aliphatic heterocycles. The van der Waals surface area contributed by atoms with Crippen molar-refractivity contribution in [2.45, 2.75) is 52.0 Å². The molecular weight excluding hydrogens is 328 g/mol. The summed E-state index contributed by atoms with van der Waals surface area (Å²) in [7, 11) is 0. The third kappa shape index (κ3) is 4.23. The Morgan fingerprint density at radius 3 is 2.62 bits per heavy atom. The van der Waals surface area contributed by atoms with Crippen molar-refractivity contribution in [3.05, 3.63) is 29.0 Å². The molecule has 130 valence electrons. The van der Waals surface area contributed by atoms with Gasteiger partial charge in [-0.3, -0.25) is 9.59 Å². The number of rotatable bonds is 8. The predicted molar refractivity (Wildman–Crippen MR) is 92.0 cm³/mol. The van der Waals surface area contributed by atoms with E-state index in [9.17, 15) is 9.59 Å². The van der Waals surface area contributed by atoms with Crippen LogP contribution in [-0.4, -0.2) is 27.5 Å². The summed E-state index contributed by atoms with van der Waals surface area (Å²) in [6.07, 6.45) is 1.09. The van der Waals surface area contributed by atoms with Crippen LogP contribution in [0.1, 0.15) is 44.6 Å². The minimum atomic E-state index is -0.920. The average Bonchev–Trinajstić information content (AvgIpc) is 3.16. The second-order valence-corrected chi connectivity index (χ2v) is 6.73. The minimum absolute atomic E-state index is 0.0715. The van der Waals surface area contributed by atoms with E-state index in [0.29, 0.717) is 30.2 Å². The van der Waals surface area contributed by atoms with Crippen LogP contribution in [0.25, 0.3) is 10.8 Å². The number of aliphatic carboxylic acids is 1. The van der Waals surface area contributed by atoms with Gasteiger partial charge in [-0.05, 0) is 31.2 Å². The van der Waals surface area contributed by atoms with Crippen LogP contribution >= 0.6 is 11.3 Å². The van der Waals surface area contributed by atoms with Gasteiger partial charge >= 0.3 is 5.97 Å². The van der Waals surface area contributed by atoms with Crippen LogP contribution in [0.3, 0.4) is 0 Å². The molecule has 0 radical (unpaired) electrons. The maximum absolute atomic E-state index is 12.4. The van der Waals surface area contributed by atoms with Gasteiger partial charge in [0, 0.05) is 5.54 Å². The molecule has 6 nitrogen and oxygen atoms in total. The smallest absolute Gasteiger partial charge is 0.305 e. The van der Waals surface area contributed by atoms with Crippen molar-refractivity contribution in [1.29, 1.82) is 0 Å². The second kappa shape index (κ2) is 7.61. The number of aryl methyl sites for hydroxylation is 1. The lowest BCUT2D eigenvalue weighted by Gasteiger charge is -2.31. The highest BCUT2D eigenvalue weighted by molar-refractivity contribution is 7.13. The highest BCUT2D eigenvalue weighted by Gasteiger charge is 2.31. The first-order chi connectivity index (χ1) is 11.4. The molecule has 0 aromatic carbocycles. The highest BCUT2D eigenvalue weighted by Crippen LogP contribution is 2.26. The Labute approximate surface area is 144 Å². The lowest BCUT2D eigenvalue weighted by molar-refractivity contribution is -0.139. The van der Waals surface area contributed by atoms with Crippen molar-refractivity contribution in [3.8, 4) is 10.8 Å². The van der Waals surface area contributed by atoms with E-state index < -0.39 is 11.5 Å². The summed E-state index contributed by atoms with van der Waals surface area (Å²) in [5.74, 6) is -0.0517. The van der Waals surface area contributed by atoms with Crippen molar-refractivity contribution in [1.82, 2.24) is 10.3 Å². The van der Waals surface area contributed by atoms with Gasteiger partial charge in [0.05, 0.1) is 23.4 Å². The van der Waals surface area contributed by atoms with E-state index in [4.69, 9.17) is 9.52 Å². The molecule has 0 atom stereocenters. The molecule has 0 fully saturated rings. The Morgan fingerprint density at radius 1 is 1.38 bits per heavy atom. The van der Waals surface area contributed by atoms with Gasteiger partial charge in [0.2, 0.25) is 11.8 Å². The van der Waals surface area contributed by atoms with E-state index in [1.807, 2.05) is 31.4 Å². The summed E-state index contributed by atoms with van der Waals surface area (Å²) in [5, 5.41) is 13.9. The number of hydrogen-bond acceptors (Lipinski definition) is 5. The summed E-state index contributed by atoms with van der Waals surface area (Å²) in [5.41, 5.74) is -0.149. The average molecular weight is 350 g/mol. The molecule has 1 amide bonds. The number of nitrogens with zero attached hydrogens (tertiary/aromatic N) is 1. The number of carboxylic acids is 1. The number of amides is 1. The van der Waals surface area contributed by atoms with Crippen molar-refractivity contribution in [3.63, 3.8) is 0 Å². The number of carboxylic acid groups (broad SMARTS) is 1. The molecule has 0 unspecified atom stereocenters. The van der Waals surface area contributed by atoms with Crippen LogP contribution in [-0.2, 0) is 16.0 Å². The number of carbonyl (C=O) groups excluding carboxylic acids is 1. The molecule has 2 heterocycles. The summed E-state index contributed by atoms with van der Waals surface area (Å²) >= 11 is 1.52. The normalized spacial score (nSPS) is 11.5. The molecule has 2 aromatic rings. The van der Waals surface area contributed by atoms with Crippen LogP contribution in [0.15, 0.2) is 21.9 Å². The van der Waals surface area contributed by atoms with Crippen molar-refractivity contribution < 1.29 is 19.1 Å². The first kappa shape index (κ1) is 18.2. The van der Waals surface area contributed by atoms with E-state index in [-0.39, 0.29) is 18.7 Å². The monoisotopic (exact) mass is 350 g/mol. The number of aromatic nitrogens is 1. The van der Waals surface area contributed by atoms with Crippen molar-refractivity contribution >= 4 is 23.2 Å². The SMILES string of the molecule is CCC(CC)(CC(=O)O)NC(=O)Cc1nc(-c2cccs2)oc1C.